The van der Waals surface area contributed by atoms with Crippen molar-refractivity contribution in [2.45, 2.75) is 26.3 Å². The SMILES string of the molecule is CCOCCC(=O)N1CCNC[C@H]1C.Cl. The van der Waals surface area contributed by atoms with E-state index < -0.39 is 0 Å². The van der Waals surface area contributed by atoms with Crippen LogP contribution in [0.2, 0.25) is 0 Å². The van der Waals surface area contributed by atoms with Gasteiger partial charge in [0.05, 0.1) is 13.0 Å². The molecule has 1 rings (SSSR count). The van der Waals surface area contributed by atoms with Crippen LogP contribution in [0, 0.1) is 0 Å². The van der Waals surface area contributed by atoms with Crippen molar-refractivity contribution in [1.82, 2.24) is 10.2 Å². The first-order chi connectivity index (χ1) is 6.75. The number of carbonyl (C=O) groups is 1. The number of nitrogens with one attached hydrogen (secondary N) is 1. The molecule has 1 aliphatic heterocycles. The van der Waals surface area contributed by atoms with Crippen molar-refractivity contribution in [3.05, 3.63) is 0 Å². The van der Waals surface area contributed by atoms with Crippen LogP contribution in [0.4, 0.5) is 0 Å². The van der Waals surface area contributed by atoms with E-state index in [1.165, 1.54) is 0 Å². The zero-order valence-electron chi connectivity index (χ0n) is 9.49. The highest BCUT2D eigenvalue weighted by atomic mass is 35.5. The number of hydrogen-bond donors (Lipinski definition) is 1. The molecule has 4 nitrogen and oxygen atoms in total. The topological polar surface area (TPSA) is 41.6 Å². The van der Waals surface area contributed by atoms with E-state index in [2.05, 4.69) is 12.2 Å². The normalized spacial score (nSPS) is 20.9. The monoisotopic (exact) mass is 236 g/mol. The summed E-state index contributed by atoms with van der Waals surface area (Å²) < 4.78 is 5.17. The van der Waals surface area contributed by atoms with Crippen LogP contribution in [-0.4, -0.2) is 49.7 Å². The summed E-state index contributed by atoms with van der Waals surface area (Å²) >= 11 is 0. The fraction of sp³-hybridized carbons (Fsp3) is 0.900. The molecule has 90 valence electrons. The fourth-order valence-electron chi connectivity index (χ4n) is 1.66. The van der Waals surface area contributed by atoms with Crippen molar-refractivity contribution in [3.8, 4) is 0 Å². The van der Waals surface area contributed by atoms with Crippen LogP contribution in [0.5, 0.6) is 0 Å². The highest BCUT2D eigenvalue weighted by Gasteiger charge is 2.22. The molecule has 0 bridgehead atoms. The first-order valence-corrected chi connectivity index (χ1v) is 5.33. The summed E-state index contributed by atoms with van der Waals surface area (Å²) in [5, 5.41) is 3.26. The predicted octanol–water partition coefficient (Wildman–Crippen LogP) is 0.655. The summed E-state index contributed by atoms with van der Waals surface area (Å²) in [5.74, 6) is 0.215. The van der Waals surface area contributed by atoms with Gasteiger partial charge < -0.3 is 15.0 Å². The van der Waals surface area contributed by atoms with Gasteiger partial charge in [-0.3, -0.25) is 4.79 Å². The Morgan fingerprint density at radius 2 is 2.33 bits per heavy atom. The largest absolute Gasteiger partial charge is 0.381 e. The Kier molecular flexibility index (Phi) is 7.74. The van der Waals surface area contributed by atoms with Crippen molar-refractivity contribution in [3.63, 3.8) is 0 Å². The number of hydrogen-bond acceptors (Lipinski definition) is 3. The quantitative estimate of drug-likeness (QED) is 0.729. The maximum atomic E-state index is 11.7. The van der Waals surface area contributed by atoms with E-state index in [1.807, 2.05) is 11.8 Å². The Labute approximate surface area is 97.8 Å². The zero-order chi connectivity index (χ0) is 10.4. The van der Waals surface area contributed by atoms with Crippen LogP contribution in [0.15, 0.2) is 0 Å². The number of rotatable bonds is 4. The lowest BCUT2D eigenvalue weighted by Gasteiger charge is -2.34. The molecule has 0 radical (unpaired) electrons. The first kappa shape index (κ1) is 14.7. The third kappa shape index (κ3) is 4.82. The lowest BCUT2D eigenvalue weighted by Crippen LogP contribution is -2.52. The molecule has 0 aliphatic carbocycles. The number of ether oxygens (including phenoxy) is 1. The molecular weight excluding hydrogens is 216 g/mol. The van der Waals surface area contributed by atoms with Crippen LogP contribution >= 0.6 is 12.4 Å². The summed E-state index contributed by atoms with van der Waals surface area (Å²) in [6.45, 7) is 7.89. The molecule has 1 amide bonds. The zero-order valence-corrected chi connectivity index (χ0v) is 10.3. The molecule has 0 spiro atoms. The Hall–Kier alpha value is -0.320. The molecule has 1 atom stereocenters. The van der Waals surface area contributed by atoms with Gasteiger partial charge in [-0.25, -0.2) is 0 Å². The van der Waals surface area contributed by atoms with Gasteiger partial charge in [0.25, 0.3) is 0 Å². The Balaban J connectivity index is 0.00000196. The van der Waals surface area contributed by atoms with Gasteiger partial charge in [-0.15, -0.1) is 12.4 Å². The van der Waals surface area contributed by atoms with Gasteiger partial charge in [0.15, 0.2) is 0 Å². The summed E-state index contributed by atoms with van der Waals surface area (Å²) in [6, 6.07) is 0.317. The van der Waals surface area contributed by atoms with Crippen molar-refractivity contribution in [2.75, 3.05) is 32.8 Å². The van der Waals surface area contributed by atoms with Crippen molar-refractivity contribution < 1.29 is 9.53 Å². The molecule has 1 heterocycles. The highest BCUT2D eigenvalue weighted by molar-refractivity contribution is 5.85. The summed E-state index contributed by atoms with van der Waals surface area (Å²) in [6.07, 6.45) is 0.512. The van der Waals surface area contributed by atoms with E-state index in [0.29, 0.717) is 25.7 Å². The second-order valence-electron chi connectivity index (χ2n) is 3.59. The molecule has 1 saturated heterocycles. The van der Waals surface area contributed by atoms with E-state index in [1.54, 1.807) is 0 Å². The summed E-state index contributed by atoms with van der Waals surface area (Å²) in [4.78, 5) is 13.6. The van der Waals surface area contributed by atoms with Crippen molar-refractivity contribution in [2.24, 2.45) is 0 Å². The van der Waals surface area contributed by atoms with Gasteiger partial charge >= 0.3 is 0 Å². The molecule has 1 N–H and O–H groups in total. The summed E-state index contributed by atoms with van der Waals surface area (Å²) in [5.41, 5.74) is 0. The lowest BCUT2D eigenvalue weighted by molar-refractivity contribution is -0.135. The Morgan fingerprint density at radius 3 is 2.93 bits per heavy atom. The number of carbonyl (C=O) groups excluding carboxylic acids is 1. The maximum absolute atomic E-state index is 11.7. The van der Waals surface area contributed by atoms with Gasteiger partial charge in [0.2, 0.25) is 5.91 Å². The minimum atomic E-state index is 0. The van der Waals surface area contributed by atoms with Crippen LogP contribution in [0.3, 0.4) is 0 Å². The van der Waals surface area contributed by atoms with Crippen molar-refractivity contribution in [1.29, 1.82) is 0 Å². The average molecular weight is 237 g/mol. The Bertz CT molecular complexity index is 190. The van der Waals surface area contributed by atoms with Gasteiger partial charge in [0, 0.05) is 32.3 Å². The molecule has 0 aromatic rings. The van der Waals surface area contributed by atoms with Gasteiger partial charge in [-0.2, -0.15) is 0 Å². The number of amides is 1. The smallest absolute Gasteiger partial charge is 0.225 e. The maximum Gasteiger partial charge on any atom is 0.225 e. The number of nitrogens with zero attached hydrogens (tertiary/aromatic N) is 1. The van der Waals surface area contributed by atoms with Crippen LogP contribution in [0.25, 0.3) is 0 Å². The molecule has 0 unspecified atom stereocenters. The first-order valence-electron chi connectivity index (χ1n) is 5.33. The summed E-state index contributed by atoms with van der Waals surface area (Å²) in [7, 11) is 0. The Morgan fingerprint density at radius 1 is 1.60 bits per heavy atom. The second kappa shape index (κ2) is 7.91. The number of halogens is 1. The van der Waals surface area contributed by atoms with E-state index in [9.17, 15) is 4.79 Å². The standard InChI is InChI=1S/C10H20N2O2.ClH/c1-3-14-7-4-10(13)12-6-5-11-8-9(12)2;/h9,11H,3-8H2,1-2H3;1H/t9-;/m1./s1. The van der Waals surface area contributed by atoms with Crippen LogP contribution < -0.4 is 5.32 Å². The number of piperazine rings is 1. The van der Waals surface area contributed by atoms with Crippen LogP contribution in [0.1, 0.15) is 20.3 Å². The molecular formula is C10H21ClN2O2. The van der Waals surface area contributed by atoms with E-state index in [0.717, 1.165) is 19.6 Å². The lowest BCUT2D eigenvalue weighted by atomic mass is 10.2. The van der Waals surface area contributed by atoms with Gasteiger partial charge in [-0.1, -0.05) is 0 Å². The van der Waals surface area contributed by atoms with E-state index in [-0.39, 0.29) is 18.3 Å². The molecule has 0 saturated carbocycles. The fourth-order valence-corrected chi connectivity index (χ4v) is 1.66. The molecule has 1 aliphatic rings. The van der Waals surface area contributed by atoms with Crippen molar-refractivity contribution >= 4 is 18.3 Å². The predicted molar refractivity (Wildman–Crippen MR) is 62.4 cm³/mol. The molecule has 15 heavy (non-hydrogen) atoms. The van der Waals surface area contributed by atoms with Gasteiger partial charge in [-0.05, 0) is 13.8 Å². The molecule has 0 aromatic carbocycles. The van der Waals surface area contributed by atoms with Crippen LogP contribution in [-0.2, 0) is 9.53 Å². The average Bonchev–Trinajstić information content (AvgIpc) is 2.18. The minimum absolute atomic E-state index is 0. The highest BCUT2D eigenvalue weighted by Crippen LogP contribution is 2.04. The molecule has 0 aromatic heterocycles. The molecule has 5 heteroatoms. The van der Waals surface area contributed by atoms with E-state index >= 15 is 0 Å². The van der Waals surface area contributed by atoms with E-state index in [4.69, 9.17) is 4.74 Å². The van der Waals surface area contributed by atoms with Gasteiger partial charge in [0.1, 0.15) is 0 Å². The second-order valence-corrected chi connectivity index (χ2v) is 3.59. The third-order valence-electron chi connectivity index (χ3n) is 2.49. The third-order valence-corrected chi connectivity index (χ3v) is 2.49. The molecule has 1 fully saturated rings. The minimum Gasteiger partial charge on any atom is -0.381 e.